The van der Waals surface area contributed by atoms with Crippen LogP contribution in [0.4, 0.5) is 0 Å². The molecule has 14 N–H and O–H groups in total. The first kappa shape index (κ1) is 48.8. The second-order valence-electron chi connectivity index (χ2n) is 14.1. The van der Waals surface area contributed by atoms with Gasteiger partial charge in [0.1, 0.15) is 28.7 Å². The molecule has 0 aliphatic carbocycles. The first-order valence-corrected chi connectivity index (χ1v) is 24.9. The molecule has 0 spiro atoms. The molecule has 0 bridgehead atoms. The third-order valence-electron chi connectivity index (χ3n) is 9.91. The van der Waals surface area contributed by atoms with Crippen LogP contribution < -0.4 is 11.5 Å². The topological polar surface area (TPSA) is 232 Å². The van der Waals surface area contributed by atoms with Crippen molar-refractivity contribution in [2.24, 2.45) is 11.5 Å². The van der Waals surface area contributed by atoms with Crippen LogP contribution in [0, 0.1) is 17.9 Å². The van der Waals surface area contributed by atoms with Gasteiger partial charge in [0.05, 0.1) is 17.9 Å². The van der Waals surface area contributed by atoms with E-state index in [2.05, 4.69) is 138 Å². The van der Waals surface area contributed by atoms with Crippen LogP contribution in [-0.2, 0) is 12.8 Å². The number of hydrogen-bond donors (Lipinski definition) is 12. The summed E-state index contributed by atoms with van der Waals surface area (Å²) in [7, 11) is 0. The van der Waals surface area contributed by atoms with Crippen LogP contribution in [0.25, 0.3) is 54.5 Å². The van der Waals surface area contributed by atoms with Gasteiger partial charge in [-0.05, 0) is 242 Å². The van der Waals surface area contributed by atoms with Crippen molar-refractivity contribution in [2.75, 3.05) is 13.1 Å². The van der Waals surface area contributed by atoms with Crippen LogP contribution >= 0.6 is 113 Å². The Kier molecular flexibility index (Phi) is 17.8. The molecule has 10 rings (SSSR count). The Morgan fingerprint density at radius 2 is 0.952 bits per heavy atom. The monoisotopic (exact) mass is 1410 g/mol. The van der Waals surface area contributed by atoms with Gasteiger partial charge in [0, 0.05) is 85.5 Å². The number of nitrogens with one attached hydrogen (secondary N) is 5. The fourth-order valence-electron chi connectivity index (χ4n) is 6.65. The van der Waals surface area contributed by atoms with Crippen molar-refractivity contribution in [3.05, 3.63) is 139 Å². The summed E-state index contributed by atoms with van der Waals surface area (Å²) in [6, 6.07) is 24.2. The summed E-state index contributed by atoms with van der Waals surface area (Å²) in [4.78, 5) is 15.6. The molecule has 0 amide bonds. The summed E-state index contributed by atoms with van der Waals surface area (Å²) < 4.78 is 4.44. The molecule has 5 aromatic carbocycles. The Labute approximate surface area is 430 Å². The first-order valence-electron chi connectivity index (χ1n) is 19.5. The standard InChI is InChI=1S/2C11H13IN2O.3C8H6INO/c12-11-9(15)4-3-8-10(11)7(6-14-8)2-1-5-13;12-9-5-10-8(4-11(9)15)7(6-14-10)2-1-3-13;9-6-4-7-5(1-2-10-7)3-8(6)11;9-6-1-2-7-5(8(6)11)3-4-10-7;9-8-5-3-4-10-6(5)1-2-7(8)11/h3-4,6,14-15H,1-2,5,13H2;4-6,14-15H,1-3,13H2;3*1-4,10-11H. The van der Waals surface area contributed by atoms with E-state index in [9.17, 15) is 25.5 Å². The Balaban J connectivity index is 0.000000132. The van der Waals surface area contributed by atoms with Gasteiger partial charge in [-0.15, -0.1) is 0 Å². The van der Waals surface area contributed by atoms with E-state index >= 15 is 0 Å². The maximum atomic E-state index is 9.64. The maximum absolute atomic E-state index is 9.64. The van der Waals surface area contributed by atoms with Crippen molar-refractivity contribution < 1.29 is 25.5 Å². The second-order valence-corrected chi connectivity index (χ2v) is 19.8. The van der Waals surface area contributed by atoms with E-state index in [1.807, 2.05) is 91.6 Å². The lowest BCUT2D eigenvalue weighted by atomic mass is 10.1. The zero-order chi connectivity index (χ0) is 45.2. The Bertz CT molecular complexity index is 2980. The number of hydrogen-bond acceptors (Lipinski definition) is 7. The van der Waals surface area contributed by atoms with Gasteiger partial charge in [-0.1, -0.05) is 0 Å². The van der Waals surface area contributed by atoms with Crippen LogP contribution in [0.5, 0.6) is 28.7 Å². The van der Waals surface area contributed by atoms with E-state index in [0.717, 1.165) is 98.0 Å². The van der Waals surface area contributed by atoms with E-state index in [-0.39, 0.29) is 0 Å². The van der Waals surface area contributed by atoms with Gasteiger partial charge < -0.3 is 61.9 Å². The molecule has 0 radical (unpaired) electrons. The predicted molar refractivity (Wildman–Crippen MR) is 298 cm³/mol. The van der Waals surface area contributed by atoms with E-state index < -0.39 is 0 Å². The zero-order valence-corrected chi connectivity index (χ0v) is 44.2. The lowest BCUT2D eigenvalue weighted by Gasteiger charge is -2.02. The summed E-state index contributed by atoms with van der Waals surface area (Å²) in [6.07, 6.45) is 13.4. The van der Waals surface area contributed by atoms with Crippen molar-refractivity contribution in [1.29, 1.82) is 0 Å². The molecular weight excluding hydrogens is 1370 g/mol. The number of phenolic OH excluding ortho intramolecular Hbond substituents is 5. The van der Waals surface area contributed by atoms with E-state index in [0.29, 0.717) is 41.8 Å². The van der Waals surface area contributed by atoms with Gasteiger partial charge >= 0.3 is 0 Å². The molecule has 12 nitrogen and oxygen atoms in total. The molecule has 63 heavy (non-hydrogen) atoms. The van der Waals surface area contributed by atoms with Crippen molar-refractivity contribution in [2.45, 2.75) is 25.7 Å². The number of halogens is 5. The van der Waals surface area contributed by atoms with Crippen molar-refractivity contribution >= 4 is 167 Å². The number of phenols is 5. The normalized spacial score (nSPS) is 10.8. The summed E-state index contributed by atoms with van der Waals surface area (Å²) in [6.45, 7) is 1.39. The number of aryl methyl sites for hydroxylation is 2. The minimum absolute atomic E-state index is 0.344. The minimum Gasteiger partial charge on any atom is -0.507 e. The number of benzene rings is 5. The van der Waals surface area contributed by atoms with E-state index in [4.69, 9.17) is 11.5 Å². The third-order valence-corrected chi connectivity index (χ3v) is 14.7. The Morgan fingerprint density at radius 1 is 0.429 bits per heavy atom. The lowest BCUT2D eigenvalue weighted by Crippen LogP contribution is -2.00. The third kappa shape index (κ3) is 12.2. The van der Waals surface area contributed by atoms with Gasteiger partial charge in [0.15, 0.2) is 0 Å². The maximum Gasteiger partial charge on any atom is 0.138 e. The molecule has 328 valence electrons. The highest BCUT2D eigenvalue weighted by molar-refractivity contribution is 14.1. The molecule has 0 unspecified atom stereocenters. The highest BCUT2D eigenvalue weighted by Gasteiger charge is 2.11. The van der Waals surface area contributed by atoms with Gasteiger partial charge in [-0.25, -0.2) is 0 Å². The fraction of sp³-hybridized carbons (Fsp3) is 0.130. The van der Waals surface area contributed by atoms with Crippen molar-refractivity contribution in [1.82, 2.24) is 24.9 Å². The van der Waals surface area contributed by atoms with Gasteiger partial charge in [0.25, 0.3) is 0 Å². The van der Waals surface area contributed by atoms with Gasteiger partial charge in [-0.3, -0.25) is 0 Å². The summed E-state index contributed by atoms with van der Waals surface area (Å²) >= 11 is 10.6. The molecule has 0 saturated heterocycles. The molecule has 0 aliphatic rings. The number of fused-ring (bicyclic) bond motifs is 5. The second kappa shape index (κ2) is 23.0. The highest BCUT2D eigenvalue weighted by atomic mass is 127. The quantitative estimate of drug-likeness (QED) is 0.0720. The van der Waals surface area contributed by atoms with Crippen LogP contribution in [0.1, 0.15) is 24.0 Å². The highest BCUT2D eigenvalue weighted by Crippen LogP contribution is 2.33. The predicted octanol–water partition coefficient (Wildman–Crippen LogP) is 12.2. The Hall–Kier alpha value is -3.63. The molecule has 17 heteroatoms. The molecule has 0 fully saturated rings. The number of aromatic nitrogens is 5. The van der Waals surface area contributed by atoms with Crippen molar-refractivity contribution in [3.63, 3.8) is 0 Å². The number of aromatic amines is 5. The average molecular weight is 1410 g/mol. The van der Waals surface area contributed by atoms with Crippen molar-refractivity contribution in [3.8, 4) is 28.7 Å². The average Bonchev–Trinajstić information content (AvgIpc) is 4.14. The van der Waals surface area contributed by atoms with Crippen LogP contribution in [0.2, 0.25) is 0 Å². The van der Waals surface area contributed by atoms with Crippen LogP contribution in [-0.4, -0.2) is 63.5 Å². The lowest BCUT2D eigenvalue weighted by molar-refractivity contribution is 0.472. The van der Waals surface area contributed by atoms with E-state index in [1.54, 1.807) is 18.2 Å². The molecule has 10 aromatic rings. The minimum atomic E-state index is 0.344. The number of rotatable bonds is 6. The molecule has 0 atom stereocenters. The largest absolute Gasteiger partial charge is 0.507 e. The summed E-state index contributed by atoms with van der Waals surface area (Å²) in [5.74, 6) is 1.74. The SMILES string of the molecule is NCCCc1c[nH]c2cc(I)c(O)cc12.NCCCc1c[nH]c2ccc(O)c(I)c12.Oc1c(I)ccc2[nH]ccc12.Oc1cc2cc[nH]c2cc1I.Oc1ccc2[nH]ccc2c1I. The van der Waals surface area contributed by atoms with E-state index in [1.165, 1.54) is 11.1 Å². The molecule has 5 heterocycles. The van der Waals surface area contributed by atoms with Crippen LogP contribution in [0.3, 0.4) is 0 Å². The fourth-order valence-corrected chi connectivity index (χ4v) is 9.52. The number of nitrogens with two attached hydrogens (primary N) is 2. The zero-order valence-electron chi connectivity index (χ0n) is 33.4. The molecule has 5 aromatic heterocycles. The van der Waals surface area contributed by atoms with Gasteiger partial charge in [-0.2, -0.15) is 0 Å². The number of aromatic hydroxyl groups is 5. The molecule has 0 saturated carbocycles. The van der Waals surface area contributed by atoms with Crippen LogP contribution in [0.15, 0.2) is 110 Å². The Morgan fingerprint density at radius 3 is 1.65 bits per heavy atom. The number of H-pyrrole nitrogens is 5. The first-order chi connectivity index (χ1) is 30.3. The smallest absolute Gasteiger partial charge is 0.138 e. The molecular formula is C46H44I5N7O5. The summed E-state index contributed by atoms with van der Waals surface area (Å²) in [5.41, 5.74) is 18.7. The summed E-state index contributed by atoms with van der Waals surface area (Å²) in [5, 5.41) is 52.7. The van der Waals surface area contributed by atoms with Gasteiger partial charge in [0.2, 0.25) is 0 Å². The molecule has 0 aliphatic heterocycles.